The maximum Gasteiger partial charge on any atom is 0.0161 e. The summed E-state index contributed by atoms with van der Waals surface area (Å²) in [6.45, 7) is 2.70. The molecule has 0 radical (unpaired) electrons. The normalized spacial score (nSPS) is 14.1. The van der Waals surface area contributed by atoms with Crippen LogP contribution in [-0.2, 0) is 6.42 Å². The first-order valence-electron chi connectivity index (χ1n) is 6.77. The average molecular weight is 254 g/mol. The molecule has 0 fully saturated rings. The van der Waals surface area contributed by atoms with Crippen molar-refractivity contribution in [3.05, 3.63) is 71.3 Å². The first-order chi connectivity index (χ1) is 9.22. The second-order valence-corrected chi connectivity index (χ2v) is 5.05. The van der Waals surface area contributed by atoms with E-state index in [0.29, 0.717) is 6.54 Å². The van der Waals surface area contributed by atoms with Gasteiger partial charge >= 0.3 is 0 Å². The molecule has 100 valence electrons. The molecule has 0 saturated carbocycles. The van der Waals surface area contributed by atoms with E-state index in [0.717, 1.165) is 6.42 Å². The van der Waals surface area contributed by atoms with Crippen LogP contribution >= 0.6 is 0 Å². The number of benzene rings is 2. The summed E-state index contributed by atoms with van der Waals surface area (Å²) in [5.41, 5.74) is 16.1. The second kappa shape index (κ2) is 6.50. The molecule has 2 aromatic rings. The molecule has 2 unspecified atom stereocenters. The van der Waals surface area contributed by atoms with E-state index in [9.17, 15) is 0 Å². The van der Waals surface area contributed by atoms with Crippen molar-refractivity contribution in [3.63, 3.8) is 0 Å². The topological polar surface area (TPSA) is 52.0 Å². The molecule has 0 saturated heterocycles. The lowest BCUT2D eigenvalue weighted by atomic mass is 9.86. The van der Waals surface area contributed by atoms with Crippen LogP contribution < -0.4 is 11.5 Å². The summed E-state index contributed by atoms with van der Waals surface area (Å²) < 4.78 is 0. The minimum absolute atomic E-state index is 0.0495. The van der Waals surface area contributed by atoms with E-state index in [1.165, 1.54) is 16.7 Å². The molecule has 2 aromatic carbocycles. The zero-order chi connectivity index (χ0) is 13.7. The SMILES string of the molecule is Cc1ccccc1C(CN)C(N)Cc1ccccc1. The van der Waals surface area contributed by atoms with Gasteiger partial charge in [-0.25, -0.2) is 0 Å². The molecule has 0 aromatic heterocycles. The van der Waals surface area contributed by atoms with Crippen molar-refractivity contribution >= 4 is 0 Å². The number of nitrogens with two attached hydrogens (primary N) is 2. The van der Waals surface area contributed by atoms with Crippen molar-refractivity contribution < 1.29 is 0 Å². The Labute approximate surface area is 115 Å². The fraction of sp³-hybridized carbons (Fsp3) is 0.294. The van der Waals surface area contributed by atoms with E-state index in [1.54, 1.807) is 0 Å². The summed E-state index contributed by atoms with van der Waals surface area (Å²) >= 11 is 0. The predicted octanol–water partition coefficient (Wildman–Crippen LogP) is 2.61. The van der Waals surface area contributed by atoms with Crippen molar-refractivity contribution in [2.75, 3.05) is 6.54 Å². The van der Waals surface area contributed by atoms with E-state index < -0.39 is 0 Å². The third-order valence-corrected chi connectivity index (χ3v) is 3.67. The molecule has 2 heteroatoms. The van der Waals surface area contributed by atoms with Crippen molar-refractivity contribution in [2.45, 2.75) is 25.3 Å². The van der Waals surface area contributed by atoms with Crippen LogP contribution in [-0.4, -0.2) is 12.6 Å². The fourth-order valence-electron chi connectivity index (χ4n) is 2.56. The standard InChI is InChI=1S/C17H22N2/c1-13-7-5-6-10-15(13)16(12-18)17(19)11-14-8-3-2-4-9-14/h2-10,16-17H,11-12,18-19H2,1H3. The molecule has 2 atom stereocenters. The summed E-state index contributed by atoms with van der Waals surface area (Å²) in [5, 5.41) is 0. The Hall–Kier alpha value is -1.64. The van der Waals surface area contributed by atoms with Gasteiger partial charge < -0.3 is 11.5 Å². The molecule has 2 rings (SSSR count). The van der Waals surface area contributed by atoms with Gasteiger partial charge in [0, 0.05) is 18.5 Å². The largest absolute Gasteiger partial charge is 0.330 e. The monoisotopic (exact) mass is 254 g/mol. The quantitative estimate of drug-likeness (QED) is 0.861. The summed E-state index contributed by atoms with van der Waals surface area (Å²) in [5.74, 6) is 0.210. The summed E-state index contributed by atoms with van der Waals surface area (Å²) in [6, 6.07) is 18.8. The number of rotatable bonds is 5. The van der Waals surface area contributed by atoms with Crippen molar-refractivity contribution in [1.82, 2.24) is 0 Å². The van der Waals surface area contributed by atoms with Gasteiger partial charge in [0.05, 0.1) is 0 Å². The molecule has 0 spiro atoms. The maximum atomic E-state index is 6.38. The minimum Gasteiger partial charge on any atom is -0.330 e. The Morgan fingerprint density at radius 3 is 2.21 bits per heavy atom. The molecule has 0 aliphatic rings. The summed E-state index contributed by atoms with van der Waals surface area (Å²) in [6.07, 6.45) is 0.858. The van der Waals surface area contributed by atoms with Crippen LogP contribution in [0.25, 0.3) is 0 Å². The lowest BCUT2D eigenvalue weighted by molar-refractivity contribution is 0.533. The zero-order valence-electron chi connectivity index (χ0n) is 11.4. The van der Waals surface area contributed by atoms with Crippen LogP contribution in [0.2, 0.25) is 0 Å². The van der Waals surface area contributed by atoms with Gasteiger partial charge in [-0.3, -0.25) is 0 Å². The van der Waals surface area contributed by atoms with E-state index in [1.807, 2.05) is 18.2 Å². The van der Waals surface area contributed by atoms with E-state index in [4.69, 9.17) is 11.5 Å². The van der Waals surface area contributed by atoms with Crippen LogP contribution in [0, 0.1) is 6.92 Å². The first-order valence-corrected chi connectivity index (χ1v) is 6.77. The van der Waals surface area contributed by atoms with Gasteiger partial charge in [0.1, 0.15) is 0 Å². The Bertz CT molecular complexity index is 508. The number of aryl methyl sites for hydroxylation is 1. The molecule has 2 nitrogen and oxygen atoms in total. The zero-order valence-corrected chi connectivity index (χ0v) is 11.4. The second-order valence-electron chi connectivity index (χ2n) is 5.05. The van der Waals surface area contributed by atoms with Crippen LogP contribution in [0.5, 0.6) is 0 Å². The molecule has 0 bridgehead atoms. The maximum absolute atomic E-state index is 6.38. The van der Waals surface area contributed by atoms with Gasteiger partial charge in [0.2, 0.25) is 0 Å². The van der Waals surface area contributed by atoms with Gasteiger partial charge in [-0.15, -0.1) is 0 Å². The molecule has 0 aliphatic carbocycles. The molecule has 0 aliphatic heterocycles. The van der Waals surface area contributed by atoms with Crippen LogP contribution in [0.15, 0.2) is 54.6 Å². The Kier molecular flexibility index (Phi) is 4.72. The van der Waals surface area contributed by atoms with Gasteiger partial charge in [-0.05, 0) is 30.0 Å². The van der Waals surface area contributed by atoms with Crippen molar-refractivity contribution in [2.24, 2.45) is 11.5 Å². The highest BCUT2D eigenvalue weighted by Gasteiger charge is 2.20. The molecule has 0 amide bonds. The highest BCUT2D eigenvalue weighted by atomic mass is 14.7. The van der Waals surface area contributed by atoms with E-state index in [2.05, 4.69) is 43.3 Å². The van der Waals surface area contributed by atoms with Crippen molar-refractivity contribution in [1.29, 1.82) is 0 Å². The molecule has 4 N–H and O–H groups in total. The van der Waals surface area contributed by atoms with Crippen LogP contribution in [0.4, 0.5) is 0 Å². The van der Waals surface area contributed by atoms with Crippen LogP contribution in [0.1, 0.15) is 22.6 Å². The van der Waals surface area contributed by atoms with Crippen molar-refractivity contribution in [3.8, 4) is 0 Å². The van der Waals surface area contributed by atoms with Gasteiger partial charge in [-0.2, -0.15) is 0 Å². The Morgan fingerprint density at radius 2 is 1.58 bits per heavy atom. The third kappa shape index (κ3) is 3.43. The lowest BCUT2D eigenvalue weighted by Gasteiger charge is -2.24. The molecule has 0 heterocycles. The van der Waals surface area contributed by atoms with Gasteiger partial charge in [0.15, 0.2) is 0 Å². The lowest BCUT2D eigenvalue weighted by Crippen LogP contribution is -2.35. The van der Waals surface area contributed by atoms with Gasteiger partial charge in [-0.1, -0.05) is 54.6 Å². The number of hydrogen-bond acceptors (Lipinski definition) is 2. The number of hydrogen-bond donors (Lipinski definition) is 2. The van der Waals surface area contributed by atoms with E-state index >= 15 is 0 Å². The third-order valence-electron chi connectivity index (χ3n) is 3.67. The smallest absolute Gasteiger partial charge is 0.0161 e. The Morgan fingerprint density at radius 1 is 0.947 bits per heavy atom. The fourth-order valence-corrected chi connectivity index (χ4v) is 2.56. The van der Waals surface area contributed by atoms with Gasteiger partial charge in [0.25, 0.3) is 0 Å². The summed E-state index contributed by atoms with van der Waals surface area (Å²) in [7, 11) is 0. The van der Waals surface area contributed by atoms with E-state index in [-0.39, 0.29) is 12.0 Å². The summed E-state index contributed by atoms with van der Waals surface area (Å²) in [4.78, 5) is 0. The molecular weight excluding hydrogens is 232 g/mol. The first kappa shape index (κ1) is 13.8. The predicted molar refractivity (Wildman–Crippen MR) is 81.1 cm³/mol. The average Bonchev–Trinajstić information content (AvgIpc) is 2.43. The molecular formula is C17H22N2. The Balaban J connectivity index is 2.16. The molecule has 19 heavy (non-hydrogen) atoms. The highest BCUT2D eigenvalue weighted by molar-refractivity contribution is 5.31. The minimum atomic E-state index is 0.0495. The highest BCUT2D eigenvalue weighted by Crippen LogP contribution is 2.23. The van der Waals surface area contributed by atoms with Crippen LogP contribution in [0.3, 0.4) is 0 Å².